The van der Waals surface area contributed by atoms with Crippen LogP contribution in [0.15, 0.2) is 6.20 Å². The summed E-state index contributed by atoms with van der Waals surface area (Å²) in [5.74, 6) is 0.676. The third-order valence-electron chi connectivity index (χ3n) is 3.54. The van der Waals surface area contributed by atoms with E-state index < -0.39 is 13.0 Å². The fourth-order valence-corrected chi connectivity index (χ4v) is 2.51. The van der Waals surface area contributed by atoms with Crippen LogP contribution >= 0.6 is 0 Å². The Morgan fingerprint density at radius 3 is 3.05 bits per heavy atom. The molecule has 1 N–H and O–H groups in total. The van der Waals surface area contributed by atoms with Crippen LogP contribution in [-0.2, 0) is 17.6 Å². The van der Waals surface area contributed by atoms with Gasteiger partial charge in [-0.05, 0) is 26.3 Å². The van der Waals surface area contributed by atoms with Crippen molar-refractivity contribution in [2.24, 2.45) is 0 Å². The molecule has 0 saturated heterocycles. The Morgan fingerprint density at radius 2 is 2.30 bits per heavy atom. The summed E-state index contributed by atoms with van der Waals surface area (Å²) in [6.07, 6.45) is 4.30. The van der Waals surface area contributed by atoms with Crippen molar-refractivity contribution in [2.75, 3.05) is 20.3 Å². The molecule has 1 aromatic heterocycles. The molecule has 0 fully saturated rings. The van der Waals surface area contributed by atoms with Crippen molar-refractivity contribution in [1.29, 1.82) is 0 Å². The largest absolute Gasteiger partial charge is 0.375 e. The first kappa shape index (κ1) is 15.3. The van der Waals surface area contributed by atoms with Crippen LogP contribution in [0.2, 0.25) is 0 Å². The van der Waals surface area contributed by atoms with E-state index in [0.29, 0.717) is 18.3 Å². The number of rotatable bonds is 6. The first-order valence-electron chi connectivity index (χ1n) is 7.08. The van der Waals surface area contributed by atoms with Gasteiger partial charge in [-0.15, -0.1) is 0 Å². The van der Waals surface area contributed by atoms with Crippen LogP contribution in [-0.4, -0.2) is 36.7 Å². The van der Waals surface area contributed by atoms with E-state index >= 15 is 0 Å². The van der Waals surface area contributed by atoms with Crippen molar-refractivity contribution in [1.82, 2.24) is 15.3 Å². The van der Waals surface area contributed by atoms with E-state index in [1.807, 2.05) is 13.2 Å². The van der Waals surface area contributed by atoms with Crippen LogP contribution in [0.4, 0.5) is 8.78 Å². The van der Waals surface area contributed by atoms with Crippen LogP contribution in [0, 0.1) is 0 Å². The second-order valence-electron chi connectivity index (χ2n) is 4.99. The van der Waals surface area contributed by atoms with Gasteiger partial charge in [-0.1, -0.05) is 6.42 Å². The van der Waals surface area contributed by atoms with Crippen LogP contribution in [0.3, 0.4) is 0 Å². The van der Waals surface area contributed by atoms with E-state index in [4.69, 9.17) is 4.74 Å². The molecule has 0 saturated carbocycles. The van der Waals surface area contributed by atoms with Crippen LogP contribution in [0.1, 0.15) is 42.4 Å². The van der Waals surface area contributed by atoms with Gasteiger partial charge in [-0.2, -0.15) is 0 Å². The molecule has 0 bridgehead atoms. The molecule has 0 aromatic carbocycles. The van der Waals surface area contributed by atoms with Gasteiger partial charge in [0.1, 0.15) is 12.4 Å². The predicted octanol–water partition coefficient (Wildman–Crippen LogP) is 2.29. The first-order chi connectivity index (χ1) is 9.70. The summed E-state index contributed by atoms with van der Waals surface area (Å²) >= 11 is 0. The second-order valence-corrected chi connectivity index (χ2v) is 4.99. The minimum atomic E-state index is -2.42. The van der Waals surface area contributed by atoms with Gasteiger partial charge in [0, 0.05) is 29.9 Å². The number of nitrogens with one attached hydrogen (secondary N) is 1. The zero-order valence-electron chi connectivity index (χ0n) is 11.7. The number of aromatic nitrogens is 2. The van der Waals surface area contributed by atoms with Gasteiger partial charge >= 0.3 is 0 Å². The number of aryl methyl sites for hydroxylation is 1. The molecule has 1 aliphatic rings. The minimum Gasteiger partial charge on any atom is -0.375 e. The zero-order valence-corrected chi connectivity index (χ0v) is 11.7. The molecule has 1 heterocycles. The summed E-state index contributed by atoms with van der Waals surface area (Å²) in [5, 5.41) is 3.30. The van der Waals surface area contributed by atoms with Gasteiger partial charge in [0.15, 0.2) is 0 Å². The lowest BCUT2D eigenvalue weighted by Gasteiger charge is -2.16. The SMILES string of the molecule is CNC1CCCCc2nc(CCOCC(F)F)ncc21. The fourth-order valence-electron chi connectivity index (χ4n) is 2.51. The molecule has 1 unspecified atom stereocenters. The maximum absolute atomic E-state index is 11.9. The molecule has 1 atom stereocenters. The van der Waals surface area contributed by atoms with Crippen molar-refractivity contribution in [3.63, 3.8) is 0 Å². The van der Waals surface area contributed by atoms with Gasteiger partial charge in [0.2, 0.25) is 0 Å². The van der Waals surface area contributed by atoms with E-state index in [1.165, 1.54) is 12.0 Å². The molecule has 6 heteroatoms. The van der Waals surface area contributed by atoms with E-state index in [-0.39, 0.29) is 6.61 Å². The summed E-state index contributed by atoms with van der Waals surface area (Å²) in [6, 6.07) is 0.316. The summed E-state index contributed by atoms with van der Waals surface area (Å²) < 4.78 is 28.8. The molecule has 0 amide bonds. The molecular weight excluding hydrogens is 264 g/mol. The number of hydrogen-bond donors (Lipinski definition) is 1. The summed E-state index contributed by atoms with van der Waals surface area (Å²) in [7, 11) is 1.95. The molecule has 2 rings (SSSR count). The topological polar surface area (TPSA) is 47.0 Å². The number of hydrogen-bond acceptors (Lipinski definition) is 4. The third-order valence-corrected chi connectivity index (χ3v) is 3.54. The minimum absolute atomic E-state index is 0.235. The maximum atomic E-state index is 11.9. The Labute approximate surface area is 118 Å². The number of ether oxygens (including phenoxy) is 1. The van der Waals surface area contributed by atoms with Gasteiger partial charge in [-0.25, -0.2) is 18.7 Å². The van der Waals surface area contributed by atoms with Gasteiger partial charge in [0.25, 0.3) is 6.43 Å². The summed E-state index contributed by atoms with van der Waals surface area (Å²) in [6.45, 7) is -0.286. The van der Waals surface area contributed by atoms with Gasteiger partial charge in [0.05, 0.1) is 6.61 Å². The van der Waals surface area contributed by atoms with Crippen molar-refractivity contribution in [2.45, 2.75) is 44.6 Å². The molecule has 0 radical (unpaired) electrons. The summed E-state index contributed by atoms with van der Waals surface area (Å²) in [4.78, 5) is 8.90. The van der Waals surface area contributed by atoms with Crippen molar-refractivity contribution in [3.8, 4) is 0 Å². The highest BCUT2D eigenvalue weighted by atomic mass is 19.3. The van der Waals surface area contributed by atoms with Crippen molar-refractivity contribution in [3.05, 3.63) is 23.3 Å². The number of fused-ring (bicyclic) bond motifs is 1. The highest BCUT2D eigenvalue weighted by Gasteiger charge is 2.19. The Balaban J connectivity index is 1.97. The highest BCUT2D eigenvalue weighted by molar-refractivity contribution is 5.23. The molecule has 1 aromatic rings. The number of nitrogens with zero attached hydrogens (tertiary/aromatic N) is 2. The standard InChI is InChI=1S/C14H21F2N3O/c1-17-11-4-2-3-5-12-10(11)8-18-14(19-12)6-7-20-9-13(15)16/h8,11,13,17H,2-7,9H2,1H3. The average molecular weight is 285 g/mol. The lowest BCUT2D eigenvalue weighted by Crippen LogP contribution is -2.18. The Morgan fingerprint density at radius 1 is 1.45 bits per heavy atom. The molecule has 112 valence electrons. The molecule has 0 aliphatic heterocycles. The Hall–Kier alpha value is -1.14. The van der Waals surface area contributed by atoms with Crippen LogP contribution in [0.25, 0.3) is 0 Å². The van der Waals surface area contributed by atoms with Gasteiger partial charge < -0.3 is 10.1 Å². The Bertz CT molecular complexity index is 429. The average Bonchev–Trinajstić information content (AvgIpc) is 2.64. The lowest BCUT2D eigenvalue weighted by molar-refractivity contribution is 0.0182. The smallest absolute Gasteiger partial charge is 0.261 e. The first-order valence-corrected chi connectivity index (χ1v) is 7.08. The predicted molar refractivity (Wildman–Crippen MR) is 71.9 cm³/mol. The van der Waals surface area contributed by atoms with Crippen molar-refractivity contribution < 1.29 is 13.5 Å². The van der Waals surface area contributed by atoms with Gasteiger partial charge in [-0.3, -0.25) is 0 Å². The third kappa shape index (κ3) is 4.18. The summed E-state index contributed by atoms with van der Waals surface area (Å²) in [5.41, 5.74) is 2.25. The Kier molecular flexibility index (Phi) is 5.79. The van der Waals surface area contributed by atoms with Crippen LogP contribution < -0.4 is 5.32 Å². The monoisotopic (exact) mass is 285 g/mol. The number of alkyl halides is 2. The highest BCUT2D eigenvalue weighted by Crippen LogP contribution is 2.26. The normalized spacial score (nSPS) is 18.9. The molecule has 4 nitrogen and oxygen atoms in total. The molecule has 20 heavy (non-hydrogen) atoms. The van der Waals surface area contributed by atoms with E-state index in [9.17, 15) is 8.78 Å². The molecular formula is C14H21F2N3O. The maximum Gasteiger partial charge on any atom is 0.261 e. The van der Waals surface area contributed by atoms with Crippen molar-refractivity contribution >= 4 is 0 Å². The number of halogens is 2. The zero-order chi connectivity index (χ0) is 14.4. The molecule has 1 aliphatic carbocycles. The quantitative estimate of drug-likeness (QED) is 0.643. The van der Waals surface area contributed by atoms with Crippen LogP contribution in [0.5, 0.6) is 0 Å². The van der Waals surface area contributed by atoms with E-state index in [2.05, 4.69) is 15.3 Å². The molecule has 0 spiro atoms. The fraction of sp³-hybridized carbons (Fsp3) is 0.714. The second kappa shape index (κ2) is 7.59. The lowest BCUT2D eigenvalue weighted by atomic mass is 10.1. The van der Waals surface area contributed by atoms with E-state index in [1.54, 1.807) is 0 Å². The van der Waals surface area contributed by atoms with E-state index in [0.717, 1.165) is 25.0 Å².